The minimum atomic E-state index is -0.662. The lowest BCUT2D eigenvalue weighted by molar-refractivity contribution is -0.136. The Morgan fingerprint density at radius 3 is 2.96 bits per heavy atom. The van der Waals surface area contributed by atoms with Gasteiger partial charge in [0, 0.05) is 30.1 Å². The number of piperidine rings is 1. The Morgan fingerprint density at radius 1 is 1.31 bits per heavy atom. The Balaban J connectivity index is 1.46. The van der Waals surface area contributed by atoms with Crippen molar-refractivity contribution in [3.8, 4) is 0 Å². The van der Waals surface area contributed by atoms with Gasteiger partial charge in [0.05, 0.1) is 12.7 Å². The van der Waals surface area contributed by atoms with Crippen LogP contribution >= 0.6 is 11.3 Å². The van der Waals surface area contributed by atoms with Crippen LogP contribution in [-0.4, -0.2) is 52.2 Å². The molecule has 8 heteroatoms. The second kappa shape index (κ2) is 8.95. The highest BCUT2D eigenvalue weighted by atomic mass is 32.1. The molecule has 2 aromatic rings. The molecular formula is C18H25N5O2S. The standard InChI is InChI=1S/C18H25N5O2S/c1-14-5-2-3-10-22(14)11-9-19-17(24)18(25)21-16-7-8-20-23(16)13-15-6-4-12-26-15/h4,6-8,12,14H,2-3,5,9-11,13H2,1H3,(H,19,24)(H,21,25)/t14-/m1/s1. The Hall–Kier alpha value is -2.19. The Bertz CT molecular complexity index is 728. The fraction of sp³-hybridized carbons (Fsp3) is 0.500. The van der Waals surface area contributed by atoms with Gasteiger partial charge in [0.1, 0.15) is 5.82 Å². The number of carbonyl (C=O) groups excluding carboxylic acids is 2. The van der Waals surface area contributed by atoms with E-state index >= 15 is 0 Å². The highest BCUT2D eigenvalue weighted by molar-refractivity contribution is 7.09. The maximum atomic E-state index is 12.1. The van der Waals surface area contributed by atoms with Gasteiger partial charge >= 0.3 is 11.8 Å². The van der Waals surface area contributed by atoms with Crippen LogP contribution in [0.4, 0.5) is 5.82 Å². The van der Waals surface area contributed by atoms with E-state index in [1.807, 2.05) is 17.5 Å². The topological polar surface area (TPSA) is 79.3 Å². The molecular weight excluding hydrogens is 350 g/mol. The number of hydrogen-bond acceptors (Lipinski definition) is 5. The maximum absolute atomic E-state index is 12.1. The van der Waals surface area contributed by atoms with Gasteiger partial charge in [-0.15, -0.1) is 11.3 Å². The number of aromatic nitrogens is 2. The molecule has 1 atom stereocenters. The van der Waals surface area contributed by atoms with Crippen molar-refractivity contribution < 1.29 is 9.59 Å². The van der Waals surface area contributed by atoms with E-state index in [9.17, 15) is 9.59 Å². The van der Waals surface area contributed by atoms with Gasteiger partial charge in [-0.25, -0.2) is 4.68 Å². The molecule has 140 valence electrons. The minimum Gasteiger partial charge on any atom is -0.347 e. The number of rotatable bonds is 6. The van der Waals surface area contributed by atoms with Gasteiger partial charge in [0.25, 0.3) is 0 Å². The molecule has 2 N–H and O–H groups in total. The van der Waals surface area contributed by atoms with Crippen molar-refractivity contribution in [3.63, 3.8) is 0 Å². The smallest absolute Gasteiger partial charge is 0.314 e. The van der Waals surface area contributed by atoms with Crippen LogP contribution in [0.15, 0.2) is 29.8 Å². The average Bonchev–Trinajstić information content (AvgIpc) is 3.29. The van der Waals surface area contributed by atoms with Gasteiger partial charge in [0.2, 0.25) is 0 Å². The number of likely N-dealkylation sites (tertiary alicyclic amines) is 1. The molecule has 0 spiro atoms. The van der Waals surface area contributed by atoms with Crippen molar-refractivity contribution in [2.45, 2.75) is 38.8 Å². The summed E-state index contributed by atoms with van der Waals surface area (Å²) in [6, 6.07) is 6.21. The molecule has 3 heterocycles. The third-order valence-electron chi connectivity index (χ3n) is 4.68. The van der Waals surface area contributed by atoms with Crippen molar-refractivity contribution >= 4 is 29.0 Å². The summed E-state index contributed by atoms with van der Waals surface area (Å²) < 4.78 is 1.67. The van der Waals surface area contributed by atoms with Crippen LogP contribution in [0, 0.1) is 0 Å². The molecule has 1 aliphatic rings. The van der Waals surface area contributed by atoms with E-state index in [0.29, 0.717) is 24.9 Å². The lowest BCUT2D eigenvalue weighted by Gasteiger charge is -2.33. The number of hydrogen-bond donors (Lipinski definition) is 2. The Morgan fingerprint density at radius 2 is 2.19 bits per heavy atom. The third-order valence-corrected chi connectivity index (χ3v) is 5.54. The van der Waals surface area contributed by atoms with E-state index in [0.717, 1.165) is 18.0 Å². The number of anilines is 1. The summed E-state index contributed by atoms with van der Waals surface area (Å²) in [5.74, 6) is -0.758. The highest BCUT2D eigenvalue weighted by Crippen LogP contribution is 2.15. The Kier molecular flexibility index (Phi) is 6.40. The SMILES string of the molecule is C[C@@H]1CCCCN1CCNC(=O)C(=O)Nc1ccnn1Cc1cccs1. The minimum absolute atomic E-state index is 0.477. The summed E-state index contributed by atoms with van der Waals surface area (Å²) in [6.45, 7) is 5.09. The van der Waals surface area contributed by atoms with Crippen LogP contribution in [-0.2, 0) is 16.1 Å². The molecule has 0 bridgehead atoms. The molecule has 0 radical (unpaired) electrons. The zero-order valence-electron chi connectivity index (χ0n) is 15.0. The molecule has 1 aliphatic heterocycles. The predicted molar refractivity (Wildman–Crippen MR) is 102 cm³/mol. The summed E-state index contributed by atoms with van der Waals surface area (Å²) in [4.78, 5) is 27.7. The van der Waals surface area contributed by atoms with Crippen LogP contribution in [0.25, 0.3) is 0 Å². The first-order chi connectivity index (χ1) is 12.6. The number of carbonyl (C=O) groups is 2. The fourth-order valence-electron chi connectivity index (χ4n) is 3.17. The number of amides is 2. The second-order valence-electron chi connectivity index (χ2n) is 6.54. The molecule has 1 fully saturated rings. The van der Waals surface area contributed by atoms with E-state index in [2.05, 4.69) is 27.6 Å². The van der Waals surface area contributed by atoms with Crippen molar-refractivity contribution in [2.75, 3.05) is 25.0 Å². The van der Waals surface area contributed by atoms with Crippen LogP contribution in [0.5, 0.6) is 0 Å². The molecule has 7 nitrogen and oxygen atoms in total. The molecule has 0 aliphatic carbocycles. The average molecular weight is 375 g/mol. The van der Waals surface area contributed by atoms with Gasteiger partial charge in [0.15, 0.2) is 0 Å². The van der Waals surface area contributed by atoms with Gasteiger partial charge in [-0.2, -0.15) is 5.10 Å². The van der Waals surface area contributed by atoms with Gasteiger partial charge in [-0.1, -0.05) is 12.5 Å². The molecule has 0 unspecified atom stereocenters. The summed E-state index contributed by atoms with van der Waals surface area (Å²) >= 11 is 1.62. The third kappa shape index (κ3) is 4.92. The molecule has 3 rings (SSSR count). The molecule has 0 saturated carbocycles. The predicted octanol–water partition coefficient (Wildman–Crippen LogP) is 1.92. The summed E-state index contributed by atoms with van der Waals surface area (Å²) in [5, 5.41) is 11.5. The molecule has 0 aromatic carbocycles. The van der Waals surface area contributed by atoms with Crippen molar-refractivity contribution in [1.82, 2.24) is 20.0 Å². The number of nitrogens with zero attached hydrogens (tertiary/aromatic N) is 3. The fourth-order valence-corrected chi connectivity index (χ4v) is 3.86. The lowest BCUT2D eigenvalue weighted by Crippen LogP contribution is -2.44. The van der Waals surface area contributed by atoms with Crippen molar-refractivity contribution in [2.24, 2.45) is 0 Å². The van der Waals surface area contributed by atoms with E-state index in [1.54, 1.807) is 28.3 Å². The zero-order chi connectivity index (χ0) is 18.4. The number of thiophene rings is 1. The normalized spacial score (nSPS) is 17.8. The first-order valence-corrected chi connectivity index (χ1v) is 9.89. The van der Waals surface area contributed by atoms with E-state index in [1.165, 1.54) is 19.3 Å². The van der Waals surface area contributed by atoms with E-state index in [-0.39, 0.29) is 0 Å². The highest BCUT2D eigenvalue weighted by Gasteiger charge is 2.19. The first-order valence-electron chi connectivity index (χ1n) is 9.01. The molecule has 2 aromatic heterocycles. The quantitative estimate of drug-likeness (QED) is 0.756. The van der Waals surface area contributed by atoms with Gasteiger partial charge in [-0.3, -0.25) is 14.5 Å². The lowest BCUT2D eigenvalue weighted by atomic mass is 10.0. The molecule has 2 amide bonds. The summed E-state index contributed by atoms with van der Waals surface area (Å²) in [6.07, 6.45) is 5.28. The largest absolute Gasteiger partial charge is 0.347 e. The van der Waals surface area contributed by atoms with Crippen LogP contribution in [0.2, 0.25) is 0 Å². The number of nitrogens with one attached hydrogen (secondary N) is 2. The Labute approximate surface area is 157 Å². The van der Waals surface area contributed by atoms with E-state index in [4.69, 9.17) is 0 Å². The van der Waals surface area contributed by atoms with Crippen LogP contribution in [0.1, 0.15) is 31.1 Å². The van der Waals surface area contributed by atoms with Crippen LogP contribution < -0.4 is 10.6 Å². The summed E-state index contributed by atoms with van der Waals surface area (Å²) in [5.41, 5.74) is 0. The molecule has 26 heavy (non-hydrogen) atoms. The maximum Gasteiger partial charge on any atom is 0.314 e. The van der Waals surface area contributed by atoms with Crippen molar-refractivity contribution in [3.05, 3.63) is 34.7 Å². The van der Waals surface area contributed by atoms with Gasteiger partial charge in [-0.05, 0) is 37.8 Å². The molecule has 1 saturated heterocycles. The first kappa shape index (κ1) is 18.6. The van der Waals surface area contributed by atoms with Crippen LogP contribution in [0.3, 0.4) is 0 Å². The second-order valence-corrected chi connectivity index (χ2v) is 7.58. The van der Waals surface area contributed by atoms with Gasteiger partial charge < -0.3 is 10.6 Å². The van der Waals surface area contributed by atoms with E-state index < -0.39 is 11.8 Å². The monoisotopic (exact) mass is 375 g/mol. The van der Waals surface area contributed by atoms with Crippen molar-refractivity contribution in [1.29, 1.82) is 0 Å². The summed E-state index contributed by atoms with van der Waals surface area (Å²) in [7, 11) is 0. The zero-order valence-corrected chi connectivity index (χ0v) is 15.8.